The third-order valence-corrected chi connectivity index (χ3v) is 3.13. The van der Waals surface area contributed by atoms with Crippen LogP contribution in [-0.4, -0.2) is 17.4 Å². The van der Waals surface area contributed by atoms with Gasteiger partial charge >= 0.3 is 0 Å². The van der Waals surface area contributed by atoms with Crippen LogP contribution in [0.5, 0.6) is 0 Å². The van der Waals surface area contributed by atoms with E-state index >= 15 is 0 Å². The predicted octanol–water partition coefficient (Wildman–Crippen LogP) is 2.89. The Hall–Kier alpha value is -0.120. The van der Waals surface area contributed by atoms with Crippen LogP contribution in [0.4, 0.5) is 0 Å². The van der Waals surface area contributed by atoms with E-state index in [9.17, 15) is 0 Å². The van der Waals surface area contributed by atoms with Crippen molar-refractivity contribution in [2.24, 2.45) is 5.41 Å². The van der Waals surface area contributed by atoms with Crippen molar-refractivity contribution in [2.75, 3.05) is 12.4 Å². The standard InChI is InChI=1S/C10H17ClN2S/c1-10(2,3-4-11)7-12-5-9-6-13-8-14-9/h6,8,12H,3-5,7H2,1-2H3. The minimum atomic E-state index is 0.284. The summed E-state index contributed by atoms with van der Waals surface area (Å²) in [6.07, 6.45) is 2.95. The molecule has 0 amide bonds. The molecule has 0 aliphatic rings. The molecular formula is C10H17ClN2S. The highest BCUT2D eigenvalue weighted by Crippen LogP contribution is 2.19. The zero-order chi connectivity index (χ0) is 10.4. The number of hydrogen-bond acceptors (Lipinski definition) is 3. The molecule has 0 aliphatic heterocycles. The van der Waals surface area contributed by atoms with Gasteiger partial charge in [0.2, 0.25) is 0 Å². The summed E-state index contributed by atoms with van der Waals surface area (Å²) in [6, 6.07) is 0. The summed E-state index contributed by atoms with van der Waals surface area (Å²) in [5.41, 5.74) is 2.15. The highest BCUT2D eigenvalue weighted by Gasteiger charge is 2.16. The summed E-state index contributed by atoms with van der Waals surface area (Å²) in [5.74, 6) is 0.731. The summed E-state index contributed by atoms with van der Waals surface area (Å²) >= 11 is 7.42. The maximum absolute atomic E-state index is 5.73. The van der Waals surface area contributed by atoms with Crippen molar-refractivity contribution in [1.29, 1.82) is 0 Å². The molecule has 1 aromatic rings. The Morgan fingerprint density at radius 1 is 1.57 bits per heavy atom. The maximum Gasteiger partial charge on any atom is 0.0794 e. The molecule has 0 fully saturated rings. The van der Waals surface area contributed by atoms with Gasteiger partial charge in [0, 0.05) is 30.0 Å². The number of thiazole rings is 1. The van der Waals surface area contributed by atoms with Crippen molar-refractivity contribution in [2.45, 2.75) is 26.8 Å². The van der Waals surface area contributed by atoms with Crippen molar-refractivity contribution >= 4 is 22.9 Å². The molecule has 0 radical (unpaired) electrons. The number of hydrogen-bond donors (Lipinski definition) is 1. The Morgan fingerprint density at radius 3 is 2.93 bits per heavy atom. The second-order valence-corrected chi connectivity index (χ2v) is 5.52. The molecule has 80 valence electrons. The van der Waals surface area contributed by atoms with E-state index in [1.54, 1.807) is 11.3 Å². The van der Waals surface area contributed by atoms with E-state index in [-0.39, 0.29) is 5.41 Å². The normalized spacial score (nSPS) is 11.9. The van der Waals surface area contributed by atoms with Gasteiger partial charge in [0.05, 0.1) is 5.51 Å². The molecule has 1 heterocycles. The minimum absolute atomic E-state index is 0.284. The Kier molecular flexibility index (Phi) is 4.85. The molecule has 0 saturated carbocycles. The second kappa shape index (κ2) is 5.69. The first-order chi connectivity index (χ1) is 6.64. The first kappa shape index (κ1) is 12.0. The van der Waals surface area contributed by atoms with E-state index < -0.39 is 0 Å². The number of halogens is 1. The molecule has 0 unspecified atom stereocenters. The van der Waals surface area contributed by atoms with E-state index in [1.807, 2.05) is 11.7 Å². The van der Waals surface area contributed by atoms with E-state index in [0.717, 1.165) is 25.4 Å². The van der Waals surface area contributed by atoms with Crippen LogP contribution in [0.3, 0.4) is 0 Å². The topological polar surface area (TPSA) is 24.9 Å². The fraction of sp³-hybridized carbons (Fsp3) is 0.700. The zero-order valence-electron chi connectivity index (χ0n) is 8.72. The fourth-order valence-corrected chi connectivity index (χ4v) is 2.27. The van der Waals surface area contributed by atoms with Crippen molar-refractivity contribution in [3.63, 3.8) is 0 Å². The molecule has 0 aromatic carbocycles. The summed E-state index contributed by atoms with van der Waals surface area (Å²) in [4.78, 5) is 5.31. The molecular weight excluding hydrogens is 216 g/mol. The molecule has 1 aromatic heterocycles. The SMILES string of the molecule is CC(C)(CCCl)CNCc1cncs1. The lowest BCUT2D eigenvalue weighted by molar-refractivity contribution is 0.330. The Balaban J connectivity index is 2.20. The summed E-state index contributed by atoms with van der Waals surface area (Å²) < 4.78 is 0. The third-order valence-electron chi connectivity index (χ3n) is 2.16. The molecule has 4 heteroatoms. The largest absolute Gasteiger partial charge is 0.311 e. The molecule has 1 N–H and O–H groups in total. The van der Waals surface area contributed by atoms with E-state index in [2.05, 4.69) is 24.1 Å². The number of rotatable bonds is 6. The molecule has 0 spiro atoms. The minimum Gasteiger partial charge on any atom is -0.311 e. The Bertz CT molecular complexity index is 247. The van der Waals surface area contributed by atoms with Crippen LogP contribution in [0.2, 0.25) is 0 Å². The van der Waals surface area contributed by atoms with Gasteiger partial charge in [-0.3, -0.25) is 4.98 Å². The van der Waals surface area contributed by atoms with Gasteiger partial charge < -0.3 is 5.32 Å². The third kappa shape index (κ3) is 4.40. The molecule has 0 bridgehead atoms. The van der Waals surface area contributed by atoms with Gasteiger partial charge in [0.25, 0.3) is 0 Å². The second-order valence-electron chi connectivity index (χ2n) is 4.17. The van der Waals surface area contributed by atoms with Gasteiger partial charge in [0.1, 0.15) is 0 Å². The van der Waals surface area contributed by atoms with Crippen LogP contribution < -0.4 is 5.32 Å². The van der Waals surface area contributed by atoms with Gasteiger partial charge in [-0.05, 0) is 11.8 Å². The van der Waals surface area contributed by atoms with Gasteiger partial charge in [-0.1, -0.05) is 13.8 Å². The lowest BCUT2D eigenvalue weighted by Crippen LogP contribution is -2.29. The number of nitrogens with one attached hydrogen (secondary N) is 1. The van der Waals surface area contributed by atoms with Crippen molar-refractivity contribution < 1.29 is 0 Å². The van der Waals surface area contributed by atoms with Crippen LogP contribution >= 0.6 is 22.9 Å². The predicted molar refractivity (Wildman–Crippen MR) is 62.9 cm³/mol. The summed E-state index contributed by atoms with van der Waals surface area (Å²) in [7, 11) is 0. The van der Waals surface area contributed by atoms with Gasteiger partial charge in [-0.25, -0.2) is 0 Å². The lowest BCUT2D eigenvalue weighted by Gasteiger charge is -2.23. The van der Waals surface area contributed by atoms with Crippen LogP contribution in [0, 0.1) is 5.41 Å². The molecule has 0 saturated heterocycles. The smallest absolute Gasteiger partial charge is 0.0794 e. The first-order valence-electron chi connectivity index (χ1n) is 4.78. The van der Waals surface area contributed by atoms with Gasteiger partial charge in [-0.15, -0.1) is 22.9 Å². The molecule has 0 atom stereocenters. The average molecular weight is 233 g/mol. The van der Waals surface area contributed by atoms with Crippen molar-refractivity contribution in [1.82, 2.24) is 10.3 Å². The van der Waals surface area contributed by atoms with Gasteiger partial charge in [0.15, 0.2) is 0 Å². The molecule has 0 aliphatic carbocycles. The summed E-state index contributed by atoms with van der Waals surface area (Å²) in [6.45, 7) is 6.37. The number of nitrogens with zero attached hydrogens (tertiary/aromatic N) is 1. The van der Waals surface area contributed by atoms with Gasteiger partial charge in [-0.2, -0.15) is 0 Å². The van der Waals surface area contributed by atoms with E-state index in [1.165, 1.54) is 4.88 Å². The zero-order valence-corrected chi connectivity index (χ0v) is 10.3. The van der Waals surface area contributed by atoms with Crippen LogP contribution in [0.15, 0.2) is 11.7 Å². The van der Waals surface area contributed by atoms with Crippen molar-refractivity contribution in [3.8, 4) is 0 Å². The Morgan fingerprint density at radius 2 is 2.36 bits per heavy atom. The van der Waals surface area contributed by atoms with Crippen molar-refractivity contribution in [3.05, 3.63) is 16.6 Å². The molecule has 1 rings (SSSR count). The van der Waals surface area contributed by atoms with Crippen LogP contribution in [-0.2, 0) is 6.54 Å². The first-order valence-corrected chi connectivity index (χ1v) is 6.19. The highest BCUT2D eigenvalue weighted by molar-refractivity contribution is 7.09. The quantitative estimate of drug-likeness (QED) is 0.763. The summed E-state index contributed by atoms with van der Waals surface area (Å²) in [5, 5.41) is 3.42. The van der Waals surface area contributed by atoms with E-state index in [0.29, 0.717) is 0 Å². The average Bonchev–Trinajstić information content (AvgIpc) is 2.56. The molecule has 14 heavy (non-hydrogen) atoms. The fourth-order valence-electron chi connectivity index (χ4n) is 1.20. The van der Waals surface area contributed by atoms with Crippen LogP contribution in [0.25, 0.3) is 0 Å². The highest BCUT2D eigenvalue weighted by atomic mass is 35.5. The van der Waals surface area contributed by atoms with Crippen LogP contribution in [0.1, 0.15) is 25.1 Å². The number of aromatic nitrogens is 1. The maximum atomic E-state index is 5.73. The van der Waals surface area contributed by atoms with E-state index in [4.69, 9.17) is 11.6 Å². The Labute approximate surface area is 94.7 Å². The monoisotopic (exact) mass is 232 g/mol. The molecule has 2 nitrogen and oxygen atoms in total. The lowest BCUT2D eigenvalue weighted by atomic mass is 9.90. The number of alkyl halides is 1.